The third-order valence-electron chi connectivity index (χ3n) is 5.26. The van der Waals surface area contributed by atoms with Gasteiger partial charge in [0.1, 0.15) is 18.2 Å². The van der Waals surface area contributed by atoms with Crippen molar-refractivity contribution < 1.29 is 40.3 Å². The van der Waals surface area contributed by atoms with Crippen molar-refractivity contribution in [2.45, 2.75) is 27.0 Å². The van der Waals surface area contributed by atoms with Crippen molar-refractivity contribution in [1.82, 2.24) is 9.78 Å². The highest BCUT2D eigenvalue weighted by molar-refractivity contribution is 6.02. The molecule has 0 saturated heterocycles. The Morgan fingerprint density at radius 2 is 1.64 bits per heavy atom. The van der Waals surface area contributed by atoms with Gasteiger partial charge in [-0.1, -0.05) is 12.1 Å². The molecule has 0 aliphatic carbocycles. The third kappa shape index (κ3) is 4.79. The van der Waals surface area contributed by atoms with E-state index in [1.54, 1.807) is 30.7 Å². The molecule has 6 nitrogen and oxygen atoms in total. The predicted molar refractivity (Wildman–Crippen MR) is 114 cm³/mol. The van der Waals surface area contributed by atoms with E-state index in [1.165, 1.54) is 24.3 Å². The van der Waals surface area contributed by atoms with Crippen LogP contribution in [0.4, 0.5) is 32.0 Å². The van der Waals surface area contributed by atoms with E-state index in [-0.39, 0.29) is 23.9 Å². The standard InChI is InChI=1S/C24H17F6N3O3/c1-11-22(12(2)33(32-11)9-13-4-3-5-14(25)8-13)31-24(34)16-7-6-15(36-16)10-35-23-20(29)18(27)17(26)19(28)21(23)30/h3-8H,9-10H2,1-2H3,(H,31,34). The Morgan fingerprint density at radius 3 is 2.31 bits per heavy atom. The number of carbonyl (C=O) groups excluding carboxylic acids is 1. The topological polar surface area (TPSA) is 69.3 Å². The van der Waals surface area contributed by atoms with Crippen molar-refractivity contribution in [3.63, 3.8) is 0 Å². The molecule has 36 heavy (non-hydrogen) atoms. The summed E-state index contributed by atoms with van der Waals surface area (Å²) in [4.78, 5) is 12.7. The second-order valence-corrected chi connectivity index (χ2v) is 7.74. The summed E-state index contributed by atoms with van der Waals surface area (Å²) in [5, 5.41) is 7.00. The molecule has 12 heteroatoms. The summed E-state index contributed by atoms with van der Waals surface area (Å²) < 4.78 is 92.3. The zero-order valence-corrected chi connectivity index (χ0v) is 18.8. The van der Waals surface area contributed by atoms with Crippen LogP contribution < -0.4 is 10.1 Å². The molecule has 2 aromatic heterocycles. The molecule has 1 amide bonds. The van der Waals surface area contributed by atoms with E-state index in [4.69, 9.17) is 9.15 Å². The molecule has 1 N–H and O–H groups in total. The molecule has 0 bridgehead atoms. The van der Waals surface area contributed by atoms with Gasteiger partial charge in [0, 0.05) is 0 Å². The number of halogens is 6. The van der Waals surface area contributed by atoms with Gasteiger partial charge in [0.25, 0.3) is 5.91 Å². The number of anilines is 1. The van der Waals surface area contributed by atoms with E-state index in [0.29, 0.717) is 22.6 Å². The van der Waals surface area contributed by atoms with E-state index in [0.717, 1.165) is 0 Å². The summed E-state index contributed by atoms with van der Waals surface area (Å²) in [7, 11) is 0. The molecule has 2 heterocycles. The van der Waals surface area contributed by atoms with E-state index in [2.05, 4.69) is 10.4 Å². The molecule has 0 spiro atoms. The van der Waals surface area contributed by atoms with Crippen LogP contribution in [0.15, 0.2) is 40.8 Å². The number of ether oxygens (including phenoxy) is 1. The maximum Gasteiger partial charge on any atom is 0.291 e. The van der Waals surface area contributed by atoms with Crippen LogP contribution in [-0.2, 0) is 13.2 Å². The number of rotatable bonds is 7. The van der Waals surface area contributed by atoms with Gasteiger partial charge in [0.2, 0.25) is 29.1 Å². The second-order valence-electron chi connectivity index (χ2n) is 7.74. The average Bonchev–Trinajstić information content (AvgIpc) is 3.42. The molecular weight excluding hydrogens is 492 g/mol. The van der Waals surface area contributed by atoms with Crippen molar-refractivity contribution >= 4 is 11.6 Å². The summed E-state index contributed by atoms with van der Waals surface area (Å²) in [6.45, 7) is 2.92. The van der Waals surface area contributed by atoms with Gasteiger partial charge < -0.3 is 14.5 Å². The summed E-state index contributed by atoms with van der Waals surface area (Å²) in [6.07, 6.45) is 0. The number of furan rings is 1. The highest BCUT2D eigenvalue weighted by Crippen LogP contribution is 2.30. The van der Waals surface area contributed by atoms with Crippen LogP contribution in [-0.4, -0.2) is 15.7 Å². The highest BCUT2D eigenvalue weighted by atomic mass is 19.2. The Bertz CT molecular complexity index is 1430. The Labute approximate surface area is 200 Å². The van der Waals surface area contributed by atoms with Gasteiger partial charge in [0.15, 0.2) is 11.5 Å². The van der Waals surface area contributed by atoms with Gasteiger partial charge in [-0.05, 0) is 43.7 Å². The fourth-order valence-corrected chi connectivity index (χ4v) is 3.45. The highest BCUT2D eigenvalue weighted by Gasteiger charge is 2.27. The second kappa shape index (κ2) is 9.80. The smallest absolute Gasteiger partial charge is 0.291 e. The molecule has 0 aliphatic rings. The Hall–Kier alpha value is -4.22. The average molecular weight is 509 g/mol. The maximum absolute atomic E-state index is 13.7. The number of nitrogens with zero attached hydrogens (tertiary/aromatic N) is 2. The monoisotopic (exact) mass is 509 g/mol. The number of amides is 1. The van der Waals surface area contributed by atoms with Crippen LogP contribution in [0, 0.1) is 48.8 Å². The fraction of sp³-hybridized carbons (Fsp3) is 0.167. The number of aryl methyl sites for hydroxylation is 1. The van der Waals surface area contributed by atoms with Gasteiger partial charge in [0.05, 0.1) is 23.6 Å². The first kappa shape index (κ1) is 24.9. The number of hydrogen-bond acceptors (Lipinski definition) is 4. The molecule has 0 aliphatic heterocycles. The third-order valence-corrected chi connectivity index (χ3v) is 5.26. The Morgan fingerprint density at radius 1 is 0.972 bits per heavy atom. The normalized spacial score (nSPS) is 11.1. The molecule has 0 radical (unpaired) electrons. The van der Waals surface area contributed by atoms with Crippen molar-refractivity contribution in [2.24, 2.45) is 0 Å². The fourth-order valence-electron chi connectivity index (χ4n) is 3.45. The molecule has 0 saturated carbocycles. The van der Waals surface area contributed by atoms with E-state index in [1.807, 2.05) is 0 Å². The van der Waals surface area contributed by atoms with E-state index >= 15 is 0 Å². The lowest BCUT2D eigenvalue weighted by atomic mass is 10.2. The first-order valence-electron chi connectivity index (χ1n) is 10.4. The minimum Gasteiger partial charge on any atom is -0.479 e. The lowest BCUT2D eigenvalue weighted by Gasteiger charge is -2.09. The molecule has 4 aromatic rings. The largest absolute Gasteiger partial charge is 0.479 e. The zero-order valence-electron chi connectivity index (χ0n) is 18.8. The van der Waals surface area contributed by atoms with Crippen molar-refractivity contribution in [3.8, 4) is 5.75 Å². The summed E-state index contributed by atoms with van der Waals surface area (Å²) in [5.41, 5.74) is 2.14. The zero-order chi connectivity index (χ0) is 26.1. The van der Waals surface area contributed by atoms with Crippen LogP contribution in [0.25, 0.3) is 0 Å². The molecule has 0 atom stereocenters. The SMILES string of the molecule is Cc1nn(Cc2cccc(F)c2)c(C)c1NC(=O)c1ccc(COc2c(F)c(F)c(F)c(F)c2F)o1. The first-order valence-corrected chi connectivity index (χ1v) is 10.4. The van der Waals surface area contributed by atoms with Crippen LogP contribution in [0.2, 0.25) is 0 Å². The van der Waals surface area contributed by atoms with Crippen molar-refractivity contribution in [2.75, 3.05) is 5.32 Å². The van der Waals surface area contributed by atoms with Crippen LogP contribution in [0.1, 0.15) is 33.3 Å². The Kier molecular flexibility index (Phi) is 6.77. The number of nitrogens with one attached hydrogen (secondary N) is 1. The predicted octanol–water partition coefficient (Wildman–Crippen LogP) is 5.81. The molecular formula is C24H17F6N3O3. The quantitative estimate of drug-likeness (QED) is 0.194. The Balaban J connectivity index is 1.46. The number of aromatic nitrogens is 2. The molecule has 2 aromatic carbocycles. The number of benzene rings is 2. The number of hydrogen-bond donors (Lipinski definition) is 1. The van der Waals surface area contributed by atoms with Gasteiger partial charge >= 0.3 is 0 Å². The van der Waals surface area contributed by atoms with Crippen LogP contribution in [0.5, 0.6) is 5.75 Å². The van der Waals surface area contributed by atoms with Gasteiger partial charge in [-0.15, -0.1) is 0 Å². The minimum absolute atomic E-state index is 0.112. The van der Waals surface area contributed by atoms with E-state index in [9.17, 15) is 31.1 Å². The van der Waals surface area contributed by atoms with Crippen molar-refractivity contribution in [3.05, 3.63) is 99.8 Å². The summed E-state index contributed by atoms with van der Waals surface area (Å²) in [5.74, 6) is -13.7. The lowest BCUT2D eigenvalue weighted by molar-refractivity contribution is 0.0992. The summed E-state index contributed by atoms with van der Waals surface area (Å²) >= 11 is 0. The van der Waals surface area contributed by atoms with Crippen LogP contribution in [0.3, 0.4) is 0 Å². The lowest BCUT2D eigenvalue weighted by Crippen LogP contribution is -2.12. The van der Waals surface area contributed by atoms with Gasteiger partial charge in [-0.3, -0.25) is 9.48 Å². The van der Waals surface area contributed by atoms with Crippen LogP contribution >= 0.6 is 0 Å². The molecule has 188 valence electrons. The number of carbonyl (C=O) groups is 1. The van der Waals surface area contributed by atoms with E-state index < -0.39 is 47.3 Å². The molecule has 0 fully saturated rings. The van der Waals surface area contributed by atoms with Gasteiger partial charge in [-0.25, -0.2) is 17.6 Å². The van der Waals surface area contributed by atoms with Gasteiger partial charge in [-0.2, -0.15) is 13.9 Å². The minimum atomic E-state index is -2.31. The summed E-state index contributed by atoms with van der Waals surface area (Å²) in [6, 6.07) is 8.48. The first-order chi connectivity index (χ1) is 17.1. The molecule has 0 unspecified atom stereocenters. The molecule has 4 rings (SSSR count). The maximum atomic E-state index is 13.7. The van der Waals surface area contributed by atoms with Crippen molar-refractivity contribution in [1.29, 1.82) is 0 Å².